The second kappa shape index (κ2) is 11.9. The molecule has 0 saturated carbocycles. The molecule has 3 atom stereocenters. The minimum Gasteiger partial charge on any atom is -0.325 e. The summed E-state index contributed by atoms with van der Waals surface area (Å²) >= 11 is 3.23. The van der Waals surface area contributed by atoms with Crippen molar-refractivity contribution in [2.75, 3.05) is 15.5 Å². The molecule has 1 aliphatic carbocycles. The first kappa shape index (κ1) is 26.0. The predicted octanol–water partition coefficient (Wildman–Crippen LogP) is 8.17. The van der Waals surface area contributed by atoms with E-state index in [1.165, 1.54) is 11.8 Å². The van der Waals surface area contributed by atoms with Gasteiger partial charge < -0.3 is 10.6 Å². The number of rotatable bonds is 6. The Labute approximate surface area is 242 Å². The van der Waals surface area contributed by atoms with Crippen LogP contribution in [0, 0.1) is 0 Å². The number of hydrogen-bond acceptors (Lipinski definition) is 4. The number of benzene rings is 4. The van der Waals surface area contributed by atoms with Gasteiger partial charge in [-0.2, -0.15) is 0 Å². The fourth-order valence-corrected chi connectivity index (χ4v) is 7.16. The molecule has 0 aromatic heterocycles. The summed E-state index contributed by atoms with van der Waals surface area (Å²) in [7, 11) is 0. The van der Waals surface area contributed by atoms with Gasteiger partial charge in [-0.15, -0.1) is 23.5 Å². The number of nitrogens with zero attached hydrogens (tertiary/aromatic N) is 1. The second-order valence-electron chi connectivity index (χ2n) is 9.40. The van der Waals surface area contributed by atoms with E-state index < -0.39 is 5.25 Å². The fraction of sp³-hybridized carbons (Fsp3) is 0.0909. The number of allylic oxidation sites excluding steroid dienone is 2. The van der Waals surface area contributed by atoms with Crippen molar-refractivity contribution in [2.24, 2.45) is 0 Å². The van der Waals surface area contributed by atoms with Gasteiger partial charge in [0.15, 0.2) is 0 Å². The van der Waals surface area contributed by atoms with Crippen LogP contribution >= 0.6 is 23.5 Å². The van der Waals surface area contributed by atoms with E-state index in [9.17, 15) is 9.59 Å². The van der Waals surface area contributed by atoms with E-state index in [0.29, 0.717) is 5.69 Å². The molecule has 0 saturated heterocycles. The molecule has 4 aromatic carbocycles. The normalized spacial score (nSPS) is 17.9. The van der Waals surface area contributed by atoms with Crippen LogP contribution in [-0.4, -0.2) is 23.2 Å². The molecule has 198 valence electrons. The highest BCUT2D eigenvalue weighted by molar-refractivity contribution is 8.00. The Hall–Kier alpha value is -4.20. The third-order valence-electron chi connectivity index (χ3n) is 6.68. The van der Waals surface area contributed by atoms with Crippen molar-refractivity contribution in [3.63, 3.8) is 0 Å². The predicted molar refractivity (Wildman–Crippen MR) is 166 cm³/mol. The molecule has 0 bridgehead atoms. The zero-order valence-electron chi connectivity index (χ0n) is 21.5. The lowest BCUT2D eigenvalue weighted by atomic mass is 10.1. The summed E-state index contributed by atoms with van der Waals surface area (Å²) in [4.78, 5) is 30.9. The van der Waals surface area contributed by atoms with Crippen LogP contribution in [0.25, 0.3) is 0 Å². The lowest BCUT2D eigenvalue weighted by Crippen LogP contribution is -2.49. The van der Waals surface area contributed by atoms with Gasteiger partial charge in [0, 0.05) is 21.2 Å². The minimum atomic E-state index is -0.474. The number of carbonyl (C=O) groups excluding carboxylic acids is 2. The average molecular weight is 562 g/mol. The first-order valence-electron chi connectivity index (χ1n) is 13.0. The largest absolute Gasteiger partial charge is 0.326 e. The molecule has 7 heteroatoms. The van der Waals surface area contributed by atoms with Gasteiger partial charge in [0.05, 0.1) is 17.0 Å². The number of urea groups is 1. The number of amides is 3. The van der Waals surface area contributed by atoms with Gasteiger partial charge in [-0.05, 0) is 48.0 Å². The van der Waals surface area contributed by atoms with Crippen molar-refractivity contribution in [1.29, 1.82) is 0 Å². The standard InChI is InChI=1S/C33H27N3O2S2/c37-32(34-24-14-5-2-6-15-24)31(23-12-3-1-4-13-23)39-26-17-11-16-25(22-26)35-33(38)36-27-18-7-9-20-29(27)40-30-21-10-8-19-28(30)36/h1-22,27,29,31H,(H,34,37)(H,35,38). The van der Waals surface area contributed by atoms with E-state index in [2.05, 4.69) is 28.9 Å². The van der Waals surface area contributed by atoms with Gasteiger partial charge >= 0.3 is 6.03 Å². The number of nitrogens with one attached hydrogen (secondary N) is 2. The highest BCUT2D eigenvalue weighted by Crippen LogP contribution is 2.44. The molecule has 40 heavy (non-hydrogen) atoms. The number of fused-ring (bicyclic) bond motifs is 2. The van der Waals surface area contributed by atoms with Crippen molar-refractivity contribution in [3.8, 4) is 0 Å². The van der Waals surface area contributed by atoms with Gasteiger partial charge in [0.2, 0.25) is 5.91 Å². The van der Waals surface area contributed by atoms with Crippen LogP contribution in [0.15, 0.2) is 143 Å². The summed E-state index contributed by atoms with van der Waals surface area (Å²) in [5, 5.41) is 5.83. The Bertz CT molecular complexity index is 1570. The number of para-hydroxylation sites is 2. The highest BCUT2D eigenvalue weighted by Gasteiger charge is 2.36. The second-order valence-corrected chi connectivity index (χ2v) is 11.8. The molecule has 0 fully saturated rings. The number of carbonyl (C=O) groups is 2. The van der Waals surface area contributed by atoms with Crippen molar-refractivity contribution in [1.82, 2.24) is 0 Å². The van der Waals surface area contributed by atoms with E-state index in [-0.39, 0.29) is 23.2 Å². The van der Waals surface area contributed by atoms with E-state index in [1.807, 2.05) is 120 Å². The summed E-state index contributed by atoms with van der Waals surface area (Å²) in [5.41, 5.74) is 3.23. The lowest BCUT2D eigenvalue weighted by molar-refractivity contribution is -0.115. The SMILES string of the molecule is O=C(Nc1ccccc1)C(Sc1cccc(NC(=O)N2c3ccccc3SC3C=CC=CC32)c1)c1ccccc1. The van der Waals surface area contributed by atoms with Gasteiger partial charge in [0.25, 0.3) is 0 Å². The lowest BCUT2D eigenvalue weighted by Gasteiger charge is -2.40. The zero-order valence-corrected chi connectivity index (χ0v) is 23.1. The Kier molecular flexibility index (Phi) is 7.75. The van der Waals surface area contributed by atoms with Crippen LogP contribution in [-0.2, 0) is 4.79 Å². The first-order chi connectivity index (χ1) is 19.7. The number of hydrogen-bond donors (Lipinski definition) is 2. The average Bonchev–Trinajstić information content (AvgIpc) is 2.99. The maximum atomic E-state index is 13.7. The summed E-state index contributed by atoms with van der Waals surface area (Å²) in [6.07, 6.45) is 8.26. The molecule has 4 aromatic rings. The van der Waals surface area contributed by atoms with E-state index in [1.54, 1.807) is 11.8 Å². The Balaban J connectivity index is 1.23. The fourth-order valence-electron chi connectivity index (χ4n) is 4.82. The maximum Gasteiger partial charge on any atom is 0.326 e. The molecule has 6 rings (SSSR count). The summed E-state index contributed by atoms with van der Waals surface area (Å²) in [6, 6.07) is 34.6. The van der Waals surface area contributed by atoms with Crippen molar-refractivity contribution < 1.29 is 9.59 Å². The Morgan fingerprint density at radius 2 is 1.45 bits per heavy atom. The van der Waals surface area contributed by atoms with E-state index in [4.69, 9.17) is 0 Å². The molecule has 3 amide bonds. The van der Waals surface area contributed by atoms with Crippen molar-refractivity contribution >= 4 is 52.5 Å². The summed E-state index contributed by atoms with van der Waals surface area (Å²) < 4.78 is 0. The van der Waals surface area contributed by atoms with Crippen LogP contribution in [0.2, 0.25) is 0 Å². The molecule has 1 heterocycles. The van der Waals surface area contributed by atoms with Crippen LogP contribution in [0.5, 0.6) is 0 Å². The molecule has 2 N–H and O–H groups in total. The third-order valence-corrected chi connectivity index (χ3v) is 9.24. The molecular weight excluding hydrogens is 535 g/mol. The molecular formula is C33H27N3O2S2. The smallest absolute Gasteiger partial charge is 0.325 e. The van der Waals surface area contributed by atoms with Crippen LogP contribution in [0.4, 0.5) is 21.9 Å². The van der Waals surface area contributed by atoms with E-state index in [0.717, 1.165) is 26.7 Å². The highest BCUT2D eigenvalue weighted by atomic mass is 32.2. The van der Waals surface area contributed by atoms with Crippen LogP contribution in [0.1, 0.15) is 10.8 Å². The van der Waals surface area contributed by atoms with Crippen molar-refractivity contribution in [2.45, 2.75) is 26.3 Å². The van der Waals surface area contributed by atoms with Gasteiger partial charge in [-0.25, -0.2) is 4.79 Å². The number of anilines is 3. The molecule has 0 spiro atoms. The quantitative estimate of drug-likeness (QED) is 0.233. The van der Waals surface area contributed by atoms with Gasteiger partial charge in [-0.1, -0.05) is 91.0 Å². The summed E-state index contributed by atoms with van der Waals surface area (Å²) in [6.45, 7) is 0. The Morgan fingerprint density at radius 1 is 0.750 bits per heavy atom. The summed E-state index contributed by atoms with van der Waals surface area (Å²) in [5.74, 6) is -0.109. The Morgan fingerprint density at radius 3 is 2.27 bits per heavy atom. The number of thioether (sulfide) groups is 2. The molecule has 1 aliphatic heterocycles. The monoisotopic (exact) mass is 561 g/mol. The van der Waals surface area contributed by atoms with Gasteiger partial charge in [-0.3, -0.25) is 9.69 Å². The first-order valence-corrected chi connectivity index (χ1v) is 14.8. The maximum absolute atomic E-state index is 13.7. The van der Waals surface area contributed by atoms with Crippen LogP contribution < -0.4 is 15.5 Å². The van der Waals surface area contributed by atoms with Crippen LogP contribution in [0.3, 0.4) is 0 Å². The molecule has 0 radical (unpaired) electrons. The minimum absolute atomic E-state index is 0.0772. The topological polar surface area (TPSA) is 61.4 Å². The van der Waals surface area contributed by atoms with E-state index >= 15 is 0 Å². The molecule has 3 unspecified atom stereocenters. The molecule has 5 nitrogen and oxygen atoms in total. The third kappa shape index (κ3) is 5.71. The van der Waals surface area contributed by atoms with Gasteiger partial charge in [0.1, 0.15) is 5.25 Å². The zero-order chi connectivity index (χ0) is 27.3. The molecule has 2 aliphatic rings. The van der Waals surface area contributed by atoms with Crippen molar-refractivity contribution in [3.05, 3.63) is 139 Å².